The van der Waals surface area contributed by atoms with E-state index in [1.807, 2.05) is 0 Å². The van der Waals surface area contributed by atoms with Crippen molar-refractivity contribution in [2.75, 3.05) is 0 Å². The van der Waals surface area contributed by atoms with E-state index in [0.29, 0.717) is 11.8 Å². The SMILES string of the molecule is CC1=C(C)C(C)C(c2[c-]c3c(cc2)-c2ccccc2C3)=C1C.CC1=C(C)C(C)C(c2[c-]c3c(cc2)-c2ccccc2C3)=C1C.C[Si](C)=[Zr].C[Si](C)=[Zr].[Cl-].[Cl-]. The summed E-state index contributed by atoms with van der Waals surface area (Å²) in [4.78, 5) is 0. The van der Waals surface area contributed by atoms with E-state index < -0.39 is 0 Å². The van der Waals surface area contributed by atoms with Crippen LogP contribution in [0.4, 0.5) is 0 Å². The molecule has 8 rings (SSSR count). The summed E-state index contributed by atoms with van der Waals surface area (Å²) in [5.74, 6) is 1.02. The molecule has 0 saturated carbocycles. The molecule has 0 spiro atoms. The average molecular weight is 940 g/mol. The van der Waals surface area contributed by atoms with Crippen LogP contribution in [-0.4, -0.2) is 10.9 Å². The van der Waals surface area contributed by atoms with E-state index in [1.54, 1.807) is 46.7 Å². The molecule has 0 saturated heterocycles. The summed E-state index contributed by atoms with van der Waals surface area (Å²) in [5, 5.41) is 0. The predicted octanol–water partition coefficient (Wildman–Crippen LogP) is 7.21. The molecule has 6 heteroatoms. The van der Waals surface area contributed by atoms with Crippen LogP contribution in [0.15, 0.2) is 106 Å². The third-order valence-electron chi connectivity index (χ3n) is 11.3. The van der Waals surface area contributed by atoms with Crippen LogP contribution in [-0.2, 0) is 59.5 Å². The van der Waals surface area contributed by atoms with Crippen molar-refractivity contribution in [1.82, 2.24) is 0 Å². The summed E-state index contributed by atoms with van der Waals surface area (Å²) in [5.41, 5.74) is 25.8. The van der Waals surface area contributed by atoms with Gasteiger partial charge in [0.05, 0.1) is 0 Å². The van der Waals surface area contributed by atoms with Crippen LogP contribution in [0.5, 0.6) is 0 Å². The summed E-state index contributed by atoms with van der Waals surface area (Å²) in [6.07, 6.45) is 2.04. The minimum absolute atomic E-state index is 0. The minimum atomic E-state index is 0. The molecule has 0 heterocycles. The Labute approximate surface area is 370 Å². The molecule has 0 fully saturated rings. The number of benzene rings is 4. The van der Waals surface area contributed by atoms with Gasteiger partial charge < -0.3 is 24.8 Å². The molecule has 4 aromatic rings. The number of fused-ring (bicyclic) bond motifs is 6. The Kier molecular flexibility index (Phi) is 17.7. The molecule has 0 nitrogen and oxygen atoms in total. The van der Waals surface area contributed by atoms with Crippen LogP contribution < -0.4 is 24.8 Å². The summed E-state index contributed by atoms with van der Waals surface area (Å²) >= 11 is 3.48. The van der Waals surface area contributed by atoms with Crippen molar-refractivity contribution in [3.05, 3.63) is 152 Å². The second-order valence-electron chi connectivity index (χ2n) is 15.3. The summed E-state index contributed by atoms with van der Waals surface area (Å²) in [6.45, 7) is 27.4. The zero-order chi connectivity index (χ0) is 38.0. The molecule has 0 aromatic heterocycles. The van der Waals surface area contributed by atoms with E-state index in [0.717, 1.165) is 12.8 Å². The standard InChI is InChI=1S/2C22H21.2C2H6Si.2ClH.2Zr/c2*1-13-14(2)16(4)22(15(13)3)18-9-10-21-19(12-18)11-17-7-5-6-8-20(17)21;2*1-3-2;;;;/h2*5-10,15H,11H2,1-4H3;2*1-2H3;2*1H;;/q2*-1;;;;;;/p-2. The maximum Gasteiger partial charge on any atom is -1.00 e. The molecule has 54 heavy (non-hydrogen) atoms. The fourth-order valence-electron chi connectivity index (χ4n) is 8.03. The largest absolute Gasteiger partial charge is 1.00 e. The number of halogens is 2. The van der Waals surface area contributed by atoms with E-state index in [9.17, 15) is 0 Å². The first-order valence-electron chi connectivity index (χ1n) is 18.7. The van der Waals surface area contributed by atoms with Crippen molar-refractivity contribution < 1.29 is 71.5 Å². The number of rotatable bonds is 2. The van der Waals surface area contributed by atoms with Crippen molar-refractivity contribution in [2.45, 2.75) is 94.4 Å². The Balaban J connectivity index is 0.000000236. The second kappa shape index (κ2) is 20.4. The first-order valence-corrected chi connectivity index (χ1v) is 31.1. The molecule has 2 atom stereocenters. The van der Waals surface area contributed by atoms with Crippen LogP contribution >= 0.6 is 0 Å². The van der Waals surface area contributed by atoms with Gasteiger partial charge in [0.2, 0.25) is 0 Å². The summed E-state index contributed by atoms with van der Waals surface area (Å²) in [6, 6.07) is 34.0. The molecule has 0 aliphatic heterocycles. The molecule has 0 N–H and O–H groups in total. The normalized spacial score (nSPS) is 17.0. The molecule has 4 aliphatic carbocycles. The average Bonchev–Trinajstić information content (AvgIpc) is 3.77. The monoisotopic (exact) mass is 936 g/mol. The number of hydrogen-bond acceptors (Lipinski definition) is 0. The van der Waals surface area contributed by atoms with Gasteiger partial charge in [-0.05, 0) is 77.3 Å². The van der Waals surface area contributed by atoms with E-state index in [2.05, 4.69) is 167 Å². The Morgan fingerprint density at radius 2 is 0.796 bits per heavy atom. The third kappa shape index (κ3) is 10.2. The van der Waals surface area contributed by atoms with Crippen LogP contribution in [0.25, 0.3) is 33.4 Å². The Morgan fingerprint density at radius 1 is 0.481 bits per heavy atom. The van der Waals surface area contributed by atoms with Crippen LogP contribution in [0.2, 0.25) is 26.2 Å². The maximum atomic E-state index is 3.73. The zero-order valence-corrected chi connectivity index (χ0v) is 42.7. The van der Waals surface area contributed by atoms with E-state index >= 15 is 0 Å². The van der Waals surface area contributed by atoms with Gasteiger partial charge in [-0.15, -0.1) is 69.8 Å². The van der Waals surface area contributed by atoms with Gasteiger partial charge >= 0.3 is 83.7 Å². The first-order chi connectivity index (χ1) is 24.6. The fourth-order valence-corrected chi connectivity index (χ4v) is 8.03. The van der Waals surface area contributed by atoms with Crippen molar-refractivity contribution in [3.63, 3.8) is 0 Å². The number of allylic oxidation sites excluding steroid dienone is 8. The summed E-state index contributed by atoms with van der Waals surface area (Å²) < 4.78 is 0. The van der Waals surface area contributed by atoms with E-state index in [4.69, 9.17) is 0 Å². The van der Waals surface area contributed by atoms with E-state index in [1.165, 1.54) is 100 Å². The smallest absolute Gasteiger partial charge is 1.00 e. The second-order valence-corrected chi connectivity index (χ2v) is 34.1. The van der Waals surface area contributed by atoms with Gasteiger partial charge in [-0.25, -0.2) is 0 Å². The summed E-state index contributed by atoms with van der Waals surface area (Å²) in [7, 11) is 0. The molecular formula is C48H54Cl2Si2Zr2-4. The molecule has 0 radical (unpaired) electrons. The van der Waals surface area contributed by atoms with Gasteiger partial charge in [0.25, 0.3) is 0 Å². The molecular weight excluding hydrogens is 886 g/mol. The molecule has 0 amide bonds. The van der Waals surface area contributed by atoms with Crippen LogP contribution in [0, 0.1) is 24.0 Å². The van der Waals surface area contributed by atoms with E-state index in [-0.39, 0.29) is 35.7 Å². The van der Waals surface area contributed by atoms with Gasteiger partial charge in [0, 0.05) is 0 Å². The third-order valence-corrected chi connectivity index (χ3v) is 11.3. The number of hydrogen-bond donors (Lipinski definition) is 0. The molecule has 280 valence electrons. The van der Waals surface area contributed by atoms with Crippen molar-refractivity contribution in [1.29, 1.82) is 0 Å². The van der Waals surface area contributed by atoms with Gasteiger partial charge in [-0.1, -0.05) is 118 Å². The topological polar surface area (TPSA) is 0 Å². The quantitative estimate of drug-likeness (QED) is 0.127. The molecule has 2 unspecified atom stereocenters. The van der Waals surface area contributed by atoms with Gasteiger partial charge in [0.1, 0.15) is 0 Å². The maximum absolute atomic E-state index is 3.73. The van der Waals surface area contributed by atoms with Crippen molar-refractivity contribution in [3.8, 4) is 22.3 Å². The van der Waals surface area contributed by atoms with Crippen LogP contribution in [0.3, 0.4) is 0 Å². The zero-order valence-electron chi connectivity index (χ0n) is 34.3. The molecule has 0 bridgehead atoms. The van der Waals surface area contributed by atoms with Gasteiger partial charge in [-0.3, -0.25) is 0 Å². The molecule has 4 aromatic carbocycles. The Hall–Kier alpha value is -1.38. The Morgan fingerprint density at radius 3 is 1.09 bits per heavy atom. The van der Waals surface area contributed by atoms with Crippen molar-refractivity contribution >= 4 is 22.0 Å². The van der Waals surface area contributed by atoms with Gasteiger partial charge in [0.15, 0.2) is 0 Å². The predicted molar refractivity (Wildman–Crippen MR) is 222 cm³/mol. The van der Waals surface area contributed by atoms with Gasteiger partial charge in [-0.2, -0.15) is 0 Å². The Bertz CT molecular complexity index is 2050. The fraction of sp³-hybridized carbons (Fsp3) is 0.333. The molecule has 4 aliphatic rings. The van der Waals surface area contributed by atoms with Crippen molar-refractivity contribution in [2.24, 2.45) is 11.8 Å². The minimum Gasteiger partial charge on any atom is -1.00 e. The van der Waals surface area contributed by atoms with Crippen LogP contribution in [0.1, 0.15) is 88.8 Å². The first kappa shape index (κ1) is 47.0.